The lowest BCUT2D eigenvalue weighted by atomic mass is 10.1. The minimum absolute atomic E-state index is 0.104. The van der Waals surface area contributed by atoms with Gasteiger partial charge in [-0.3, -0.25) is 4.90 Å². The third-order valence-electron chi connectivity index (χ3n) is 2.80. The van der Waals surface area contributed by atoms with E-state index in [2.05, 4.69) is 34.7 Å². The zero-order chi connectivity index (χ0) is 12.3. The highest BCUT2D eigenvalue weighted by Gasteiger charge is 2.23. The van der Waals surface area contributed by atoms with Crippen molar-refractivity contribution in [1.29, 1.82) is 0 Å². The molecule has 0 amide bonds. The van der Waals surface area contributed by atoms with Gasteiger partial charge in [0.15, 0.2) is 0 Å². The second-order valence-corrected chi connectivity index (χ2v) is 5.58. The Morgan fingerprint density at radius 2 is 2.06 bits per heavy atom. The highest BCUT2D eigenvalue weighted by Crippen LogP contribution is 2.24. The van der Waals surface area contributed by atoms with Gasteiger partial charge in [0.1, 0.15) is 5.82 Å². The van der Waals surface area contributed by atoms with E-state index in [1.807, 2.05) is 13.1 Å². The summed E-state index contributed by atoms with van der Waals surface area (Å²) in [6, 6.07) is 5.07. The SMILES string of the molecule is CN(Cc1cccc(F)c1Br)C(C)(C)CCl. The molecule has 0 heterocycles. The van der Waals surface area contributed by atoms with Gasteiger partial charge in [-0.05, 0) is 48.5 Å². The molecule has 0 bridgehead atoms. The van der Waals surface area contributed by atoms with Crippen molar-refractivity contribution in [2.45, 2.75) is 25.9 Å². The number of alkyl halides is 1. The number of hydrogen-bond acceptors (Lipinski definition) is 1. The molecule has 16 heavy (non-hydrogen) atoms. The van der Waals surface area contributed by atoms with Crippen LogP contribution in [0.4, 0.5) is 4.39 Å². The summed E-state index contributed by atoms with van der Waals surface area (Å²) in [6.07, 6.45) is 0. The van der Waals surface area contributed by atoms with E-state index < -0.39 is 0 Å². The summed E-state index contributed by atoms with van der Waals surface area (Å²) in [5.74, 6) is 0.311. The molecule has 0 aromatic heterocycles. The minimum atomic E-state index is -0.227. The predicted molar refractivity (Wildman–Crippen MR) is 70.4 cm³/mol. The molecule has 4 heteroatoms. The maximum Gasteiger partial charge on any atom is 0.137 e. The van der Waals surface area contributed by atoms with Crippen LogP contribution in [-0.4, -0.2) is 23.4 Å². The summed E-state index contributed by atoms with van der Waals surface area (Å²) >= 11 is 9.16. The fourth-order valence-corrected chi connectivity index (χ4v) is 1.84. The minimum Gasteiger partial charge on any atom is -0.296 e. The first-order valence-corrected chi connectivity index (χ1v) is 6.41. The van der Waals surface area contributed by atoms with Crippen molar-refractivity contribution >= 4 is 27.5 Å². The summed E-state index contributed by atoms with van der Waals surface area (Å²) in [7, 11) is 1.99. The van der Waals surface area contributed by atoms with Crippen LogP contribution < -0.4 is 0 Å². The summed E-state index contributed by atoms with van der Waals surface area (Å²) in [4.78, 5) is 2.11. The summed E-state index contributed by atoms with van der Waals surface area (Å²) in [5.41, 5.74) is 0.827. The normalized spacial score (nSPS) is 12.2. The number of nitrogens with zero attached hydrogens (tertiary/aromatic N) is 1. The smallest absolute Gasteiger partial charge is 0.137 e. The molecule has 0 radical (unpaired) electrons. The molecule has 0 spiro atoms. The zero-order valence-corrected chi connectivity index (χ0v) is 12.1. The standard InChI is InChI=1S/C12H16BrClFN/c1-12(2,8-14)16(3)7-9-5-4-6-10(15)11(9)13/h4-6H,7-8H2,1-3H3. The molecule has 1 aromatic rings. The molecule has 0 aliphatic rings. The Bertz CT molecular complexity index is 368. The van der Waals surface area contributed by atoms with Crippen molar-refractivity contribution in [1.82, 2.24) is 4.90 Å². The van der Waals surface area contributed by atoms with Gasteiger partial charge in [0.2, 0.25) is 0 Å². The van der Waals surface area contributed by atoms with Crippen LogP contribution in [0.3, 0.4) is 0 Å². The molecular formula is C12H16BrClFN. The Balaban J connectivity index is 2.85. The molecule has 1 rings (SSSR count). The summed E-state index contributed by atoms with van der Waals surface area (Å²) < 4.78 is 13.9. The molecule has 90 valence electrons. The second-order valence-electron chi connectivity index (χ2n) is 4.52. The van der Waals surface area contributed by atoms with Crippen LogP contribution in [-0.2, 0) is 6.54 Å². The van der Waals surface area contributed by atoms with Crippen LogP contribution in [0.25, 0.3) is 0 Å². The van der Waals surface area contributed by atoms with Crippen LogP contribution in [0.1, 0.15) is 19.4 Å². The first-order valence-electron chi connectivity index (χ1n) is 5.08. The lowest BCUT2D eigenvalue weighted by molar-refractivity contribution is 0.170. The lowest BCUT2D eigenvalue weighted by Crippen LogP contribution is -2.42. The average Bonchev–Trinajstić information content (AvgIpc) is 2.24. The van der Waals surface area contributed by atoms with E-state index in [1.54, 1.807) is 6.07 Å². The largest absolute Gasteiger partial charge is 0.296 e. The van der Waals surface area contributed by atoms with Crippen LogP contribution in [0.2, 0.25) is 0 Å². The summed E-state index contributed by atoms with van der Waals surface area (Å²) in [6.45, 7) is 4.79. The predicted octanol–water partition coefficient (Wildman–Crippen LogP) is 4.04. The molecule has 0 saturated carbocycles. The van der Waals surface area contributed by atoms with E-state index in [0.717, 1.165) is 5.56 Å². The van der Waals surface area contributed by atoms with E-state index in [4.69, 9.17) is 11.6 Å². The van der Waals surface area contributed by atoms with Crippen LogP contribution in [0.5, 0.6) is 0 Å². The van der Waals surface area contributed by atoms with Crippen molar-refractivity contribution < 1.29 is 4.39 Å². The third-order valence-corrected chi connectivity index (χ3v) is 4.34. The van der Waals surface area contributed by atoms with Gasteiger partial charge in [-0.15, -0.1) is 11.6 Å². The number of halogens is 3. The van der Waals surface area contributed by atoms with Gasteiger partial charge < -0.3 is 0 Å². The third kappa shape index (κ3) is 3.19. The monoisotopic (exact) mass is 307 g/mol. The first-order chi connectivity index (χ1) is 7.38. The summed E-state index contributed by atoms with van der Waals surface area (Å²) in [5, 5.41) is 0. The second kappa shape index (κ2) is 5.48. The van der Waals surface area contributed by atoms with Crippen LogP contribution in [0.15, 0.2) is 22.7 Å². The Kier molecular flexibility index (Phi) is 4.77. The molecule has 0 fully saturated rings. The van der Waals surface area contributed by atoms with E-state index in [1.165, 1.54) is 6.07 Å². The van der Waals surface area contributed by atoms with Gasteiger partial charge in [0.25, 0.3) is 0 Å². The first kappa shape index (κ1) is 13.9. The van der Waals surface area contributed by atoms with Crippen molar-refractivity contribution in [2.24, 2.45) is 0 Å². The van der Waals surface area contributed by atoms with Gasteiger partial charge in [-0.2, -0.15) is 0 Å². The topological polar surface area (TPSA) is 3.24 Å². The Hall–Kier alpha value is -0.120. The molecular weight excluding hydrogens is 292 g/mol. The van der Waals surface area contributed by atoms with Gasteiger partial charge in [0, 0.05) is 18.0 Å². The molecule has 0 N–H and O–H groups in total. The Morgan fingerprint density at radius 1 is 1.44 bits per heavy atom. The van der Waals surface area contributed by atoms with Crippen molar-refractivity contribution in [3.05, 3.63) is 34.1 Å². The van der Waals surface area contributed by atoms with Gasteiger partial charge >= 0.3 is 0 Å². The molecule has 0 aliphatic heterocycles. The fourth-order valence-electron chi connectivity index (χ4n) is 1.24. The van der Waals surface area contributed by atoms with E-state index >= 15 is 0 Å². The van der Waals surface area contributed by atoms with E-state index in [9.17, 15) is 4.39 Å². The van der Waals surface area contributed by atoms with E-state index in [-0.39, 0.29) is 11.4 Å². The molecule has 0 saturated heterocycles. The van der Waals surface area contributed by atoms with Gasteiger partial charge in [-0.1, -0.05) is 12.1 Å². The number of hydrogen-bond donors (Lipinski definition) is 0. The zero-order valence-electron chi connectivity index (χ0n) is 9.73. The maximum absolute atomic E-state index is 13.3. The Morgan fingerprint density at radius 3 is 2.62 bits per heavy atom. The quantitative estimate of drug-likeness (QED) is 0.759. The van der Waals surface area contributed by atoms with Crippen molar-refractivity contribution in [3.63, 3.8) is 0 Å². The molecule has 0 atom stereocenters. The molecule has 1 aromatic carbocycles. The fraction of sp³-hybridized carbons (Fsp3) is 0.500. The maximum atomic E-state index is 13.3. The van der Waals surface area contributed by atoms with Gasteiger partial charge in [-0.25, -0.2) is 4.39 Å². The average molecular weight is 309 g/mol. The highest BCUT2D eigenvalue weighted by atomic mass is 79.9. The lowest BCUT2D eigenvalue weighted by Gasteiger charge is -2.34. The van der Waals surface area contributed by atoms with Crippen molar-refractivity contribution in [3.8, 4) is 0 Å². The van der Waals surface area contributed by atoms with Crippen molar-refractivity contribution in [2.75, 3.05) is 12.9 Å². The van der Waals surface area contributed by atoms with Gasteiger partial charge in [0.05, 0.1) is 4.47 Å². The highest BCUT2D eigenvalue weighted by molar-refractivity contribution is 9.10. The number of benzene rings is 1. The van der Waals surface area contributed by atoms with Crippen LogP contribution >= 0.6 is 27.5 Å². The van der Waals surface area contributed by atoms with Crippen LogP contribution in [0, 0.1) is 5.82 Å². The Labute approximate surface area is 110 Å². The molecule has 0 unspecified atom stereocenters. The molecule has 0 aliphatic carbocycles. The number of rotatable bonds is 4. The molecule has 1 nitrogen and oxygen atoms in total. The van der Waals surface area contributed by atoms with E-state index in [0.29, 0.717) is 16.9 Å².